The van der Waals surface area contributed by atoms with Crippen LogP contribution in [-0.4, -0.2) is 52.6 Å². The van der Waals surface area contributed by atoms with Crippen molar-refractivity contribution in [3.8, 4) is 0 Å². The minimum Gasteiger partial charge on any atom is -0.465 e. The van der Waals surface area contributed by atoms with E-state index in [1.54, 1.807) is 0 Å². The first-order valence-electron chi connectivity index (χ1n) is 3.88. The minimum atomic E-state index is -0.982. The number of carbonyl (C=O) groups is 1. The van der Waals surface area contributed by atoms with Crippen molar-refractivity contribution in [1.29, 1.82) is 0 Å². The third kappa shape index (κ3) is 1.67. The molecule has 1 saturated heterocycles. The molecule has 1 heterocycles. The Labute approximate surface area is 70.2 Å². The zero-order valence-corrected chi connectivity index (χ0v) is 6.68. The highest BCUT2D eigenvalue weighted by atomic mass is 16.4. The molecule has 0 aromatic carbocycles. The normalized spacial score (nSPS) is 29.3. The van der Waals surface area contributed by atoms with Crippen molar-refractivity contribution in [1.82, 2.24) is 4.90 Å². The molecule has 5 nitrogen and oxygen atoms in total. The van der Waals surface area contributed by atoms with Crippen LogP contribution in [0.4, 0.5) is 4.79 Å². The van der Waals surface area contributed by atoms with Crippen LogP contribution in [0.3, 0.4) is 0 Å². The van der Waals surface area contributed by atoms with Crippen LogP contribution >= 0.6 is 0 Å². The van der Waals surface area contributed by atoms with E-state index in [0.29, 0.717) is 13.1 Å². The molecule has 0 aromatic rings. The van der Waals surface area contributed by atoms with E-state index in [0.717, 1.165) is 0 Å². The summed E-state index contributed by atoms with van der Waals surface area (Å²) in [7, 11) is 0. The highest BCUT2D eigenvalue weighted by Crippen LogP contribution is 2.22. The first kappa shape index (κ1) is 9.28. The summed E-state index contributed by atoms with van der Waals surface area (Å²) in [4.78, 5) is 11.7. The second kappa shape index (κ2) is 3.73. The topological polar surface area (TPSA) is 81.0 Å². The number of nitrogens with zero attached hydrogens (tertiary/aromatic N) is 1. The van der Waals surface area contributed by atoms with Gasteiger partial charge in [-0.3, -0.25) is 0 Å². The summed E-state index contributed by atoms with van der Waals surface area (Å²) in [6.07, 6.45) is -0.982. The smallest absolute Gasteiger partial charge is 0.407 e. The van der Waals surface area contributed by atoms with Gasteiger partial charge in [-0.1, -0.05) is 0 Å². The van der Waals surface area contributed by atoms with Gasteiger partial charge in [-0.25, -0.2) is 4.79 Å². The lowest BCUT2D eigenvalue weighted by molar-refractivity contribution is 0.150. The lowest BCUT2D eigenvalue weighted by Gasteiger charge is -2.10. The SMILES string of the molecule is O=C(O)N1CC(CO)C(CO)C1. The van der Waals surface area contributed by atoms with Gasteiger partial charge in [0.15, 0.2) is 0 Å². The molecule has 2 atom stereocenters. The summed E-state index contributed by atoms with van der Waals surface area (Å²) in [5.41, 5.74) is 0. The van der Waals surface area contributed by atoms with E-state index >= 15 is 0 Å². The minimum absolute atomic E-state index is 0.0605. The van der Waals surface area contributed by atoms with Crippen LogP contribution in [0, 0.1) is 11.8 Å². The maximum Gasteiger partial charge on any atom is 0.407 e. The van der Waals surface area contributed by atoms with Crippen LogP contribution < -0.4 is 0 Å². The second-order valence-corrected chi connectivity index (χ2v) is 3.07. The average molecular weight is 175 g/mol. The fourth-order valence-electron chi connectivity index (χ4n) is 1.51. The van der Waals surface area contributed by atoms with Gasteiger partial charge in [0.25, 0.3) is 0 Å². The Morgan fingerprint density at radius 3 is 1.92 bits per heavy atom. The highest BCUT2D eigenvalue weighted by Gasteiger charge is 2.33. The molecule has 0 aliphatic carbocycles. The van der Waals surface area contributed by atoms with Gasteiger partial charge in [0.1, 0.15) is 0 Å². The van der Waals surface area contributed by atoms with Crippen LogP contribution in [0.25, 0.3) is 0 Å². The molecule has 5 heteroatoms. The maximum atomic E-state index is 10.5. The van der Waals surface area contributed by atoms with Gasteiger partial charge >= 0.3 is 6.09 Å². The van der Waals surface area contributed by atoms with E-state index in [4.69, 9.17) is 15.3 Å². The molecule has 1 amide bonds. The quantitative estimate of drug-likeness (QED) is 0.513. The summed E-state index contributed by atoms with van der Waals surface area (Å²) in [6.45, 7) is 0.540. The van der Waals surface area contributed by atoms with Crippen LogP contribution in [0.5, 0.6) is 0 Å². The number of amides is 1. The molecule has 1 aliphatic rings. The largest absolute Gasteiger partial charge is 0.465 e. The monoisotopic (exact) mass is 175 g/mol. The summed E-state index contributed by atoms with van der Waals surface area (Å²) in [5, 5.41) is 26.3. The molecule has 0 radical (unpaired) electrons. The molecule has 1 rings (SSSR count). The molecular formula is C7H13NO4. The summed E-state index contributed by atoms with van der Waals surface area (Å²) >= 11 is 0. The van der Waals surface area contributed by atoms with Crippen LogP contribution in [0.2, 0.25) is 0 Å². The van der Waals surface area contributed by atoms with Gasteiger partial charge in [0.05, 0.1) is 0 Å². The van der Waals surface area contributed by atoms with Gasteiger partial charge in [-0.2, -0.15) is 0 Å². The van der Waals surface area contributed by atoms with Gasteiger partial charge in [-0.15, -0.1) is 0 Å². The van der Waals surface area contributed by atoms with Crippen molar-refractivity contribution in [2.24, 2.45) is 11.8 Å². The Balaban J connectivity index is 2.53. The first-order chi connectivity index (χ1) is 5.69. The van der Waals surface area contributed by atoms with Crippen molar-refractivity contribution >= 4 is 6.09 Å². The van der Waals surface area contributed by atoms with Gasteiger partial charge < -0.3 is 20.2 Å². The van der Waals surface area contributed by atoms with Gasteiger partial charge in [0, 0.05) is 38.1 Å². The van der Waals surface area contributed by atoms with Crippen molar-refractivity contribution in [3.63, 3.8) is 0 Å². The first-order valence-corrected chi connectivity index (χ1v) is 3.88. The maximum absolute atomic E-state index is 10.5. The predicted octanol–water partition coefficient (Wildman–Crippen LogP) is -0.803. The zero-order valence-electron chi connectivity index (χ0n) is 6.68. The number of aliphatic hydroxyl groups excluding tert-OH is 2. The Morgan fingerprint density at radius 1 is 1.25 bits per heavy atom. The fraction of sp³-hybridized carbons (Fsp3) is 0.857. The Kier molecular flexibility index (Phi) is 2.88. The highest BCUT2D eigenvalue weighted by molar-refractivity contribution is 5.65. The second-order valence-electron chi connectivity index (χ2n) is 3.07. The third-order valence-corrected chi connectivity index (χ3v) is 2.32. The molecule has 0 bridgehead atoms. The summed E-state index contributed by atoms with van der Waals surface area (Å²) in [6, 6.07) is 0. The van der Waals surface area contributed by atoms with Gasteiger partial charge in [0.2, 0.25) is 0 Å². The van der Waals surface area contributed by atoms with E-state index < -0.39 is 6.09 Å². The van der Waals surface area contributed by atoms with Crippen molar-refractivity contribution in [2.75, 3.05) is 26.3 Å². The van der Waals surface area contributed by atoms with Crippen molar-refractivity contribution < 1.29 is 20.1 Å². The lowest BCUT2D eigenvalue weighted by atomic mass is 9.98. The molecule has 1 fully saturated rings. The number of likely N-dealkylation sites (tertiary alicyclic amines) is 1. The fourth-order valence-corrected chi connectivity index (χ4v) is 1.51. The number of hydrogen-bond acceptors (Lipinski definition) is 3. The van der Waals surface area contributed by atoms with Crippen molar-refractivity contribution in [3.05, 3.63) is 0 Å². The van der Waals surface area contributed by atoms with E-state index in [9.17, 15) is 4.79 Å². The zero-order chi connectivity index (χ0) is 9.14. The third-order valence-electron chi connectivity index (χ3n) is 2.32. The lowest BCUT2D eigenvalue weighted by Crippen LogP contribution is -2.27. The Hall–Kier alpha value is -0.810. The molecule has 0 aromatic heterocycles. The summed E-state index contributed by atoms with van der Waals surface area (Å²) < 4.78 is 0. The van der Waals surface area contributed by atoms with E-state index in [1.807, 2.05) is 0 Å². The number of hydrogen-bond donors (Lipinski definition) is 3. The molecule has 0 saturated carbocycles. The Morgan fingerprint density at radius 2 is 1.67 bits per heavy atom. The van der Waals surface area contributed by atoms with Crippen LogP contribution in [-0.2, 0) is 0 Å². The van der Waals surface area contributed by atoms with Crippen LogP contribution in [0.1, 0.15) is 0 Å². The van der Waals surface area contributed by atoms with E-state index in [-0.39, 0.29) is 25.0 Å². The standard InChI is InChI=1S/C7H13NO4/c9-3-5-1-8(7(11)12)2-6(5)4-10/h5-6,9-10H,1-4H2,(H,11,12). The Bertz CT molecular complexity index is 161. The molecule has 12 heavy (non-hydrogen) atoms. The van der Waals surface area contributed by atoms with E-state index in [2.05, 4.69) is 0 Å². The van der Waals surface area contributed by atoms with Crippen LogP contribution in [0.15, 0.2) is 0 Å². The average Bonchev–Trinajstić information content (AvgIpc) is 2.46. The molecule has 1 aliphatic heterocycles. The van der Waals surface area contributed by atoms with Gasteiger partial charge in [-0.05, 0) is 0 Å². The number of aliphatic hydroxyl groups is 2. The molecule has 2 unspecified atom stereocenters. The molecular weight excluding hydrogens is 162 g/mol. The van der Waals surface area contributed by atoms with Crippen molar-refractivity contribution in [2.45, 2.75) is 0 Å². The summed E-state index contributed by atoms with van der Waals surface area (Å²) in [5.74, 6) is -0.211. The molecule has 70 valence electrons. The number of rotatable bonds is 2. The molecule has 3 N–H and O–H groups in total. The number of carboxylic acid groups (broad SMARTS) is 1. The predicted molar refractivity (Wildman–Crippen MR) is 40.7 cm³/mol. The van der Waals surface area contributed by atoms with E-state index in [1.165, 1.54) is 4.90 Å². The molecule has 0 spiro atoms.